The van der Waals surface area contributed by atoms with Crippen molar-refractivity contribution >= 4 is 23.4 Å². The second-order valence-corrected chi connectivity index (χ2v) is 5.42. The summed E-state index contributed by atoms with van der Waals surface area (Å²) in [6.45, 7) is 1.38. The third-order valence-electron chi connectivity index (χ3n) is 2.55. The SMILES string of the molecule is Clc1cc(Sc2ccc3c(c2)OCCCO3)ncn1. The highest BCUT2D eigenvalue weighted by Crippen LogP contribution is 2.36. The first-order chi connectivity index (χ1) is 9.31. The lowest BCUT2D eigenvalue weighted by Gasteiger charge is -2.08. The van der Waals surface area contributed by atoms with Crippen LogP contribution in [0.5, 0.6) is 11.5 Å². The Balaban J connectivity index is 1.84. The van der Waals surface area contributed by atoms with Crippen LogP contribution in [0.15, 0.2) is 40.5 Å². The summed E-state index contributed by atoms with van der Waals surface area (Å²) in [5.74, 6) is 1.57. The zero-order chi connectivity index (χ0) is 13.1. The van der Waals surface area contributed by atoms with E-state index in [9.17, 15) is 0 Å². The van der Waals surface area contributed by atoms with Crippen LogP contribution in [0.2, 0.25) is 5.15 Å². The molecule has 0 spiro atoms. The Morgan fingerprint density at radius 1 is 1.05 bits per heavy atom. The number of fused-ring (bicyclic) bond motifs is 1. The van der Waals surface area contributed by atoms with Crippen LogP contribution in [0, 0.1) is 0 Å². The van der Waals surface area contributed by atoms with Crippen molar-refractivity contribution in [3.05, 3.63) is 35.7 Å². The number of ether oxygens (including phenoxy) is 2. The molecule has 0 N–H and O–H groups in total. The fourth-order valence-corrected chi connectivity index (χ4v) is 2.73. The van der Waals surface area contributed by atoms with Crippen LogP contribution in [-0.2, 0) is 0 Å². The zero-order valence-electron chi connectivity index (χ0n) is 10.0. The lowest BCUT2D eigenvalue weighted by molar-refractivity contribution is 0.297. The van der Waals surface area contributed by atoms with Crippen molar-refractivity contribution in [3.8, 4) is 11.5 Å². The standard InChI is InChI=1S/C13H11ClN2O2S/c14-12-7-13(16-8-15-12)19-9-2-3-10-11(6-9)18-5-1-4-17-10/h2-3,6-8H,1,4-5H2. The minimum Gasteiger partial charge on any atom is -0.490 e. The van der Waals surface area contributed by atoms with Crippen molar-refractivity contribution in [3.63, 3.8) is 0 Å². The van der Waals surface area contributed by atoms with Gasteiger partial charge in [0.05, 0.1) is 13.2 Å². The lowest BCUT2D eigenvalue weighted by atomic mass is 10.3. The van der Waals surface area contributed by atoms with Crippen LogP contribution in [-0.4, -0.2) is 23.2 Å². The summed E-state index contributed by atoms with van der Waals surface area (Å²) in [4.78, 5) is 9.05. The molecule has 3 rings (SSSR count). The molecule has 98 valence electrons. The van der Waals surface area contributed by atoms with Crippen LogP contribution in [0.4, 0.5) is 0 Å². The molecule has 2 aromatic rings. The molecule has 1 aromatic heterocycles. The van der Waals surface area contributed by atoms with Crippen molar-refractivity contribution in [1.29, 1.82) is 0 Å². The van der Waals surface area contributed by atoms with Gasteiger partial charge in [0.25, 0.3) is 0 Å². The first-order valence-corrected chi connectivity index (χ1v) is 7.06. The van der Waals surface area contributed by atoms with Crippen LogP contribution < -0.4 is 9.47 Å². The molecule has 0 bridgehead atoms. The van der Waals surface area contributed by atoms with Crippen LogP contribution in [0.25, 0.3) is 0 Å². The van der Waals surface area contributed by atoms with E-state index in [4.69, 9.17) is 21.1 Å². The molecule has 0 fully saturated rings. The first-order valence-electron chi connectivity index (χ1n) is 5.86. The van der Waals surface area contributed by atoms with Gasteiger partial charge in [-0.2, -0.15) is 0 Å². The quantitative estimate of drug-likeness (QED) is 0.794. The Bertz CT molecular complexity index is 595. The molecule has 0 amide bonds. The van der Waals surface area contributed by atoms with Crippen LogP contribution in [0.1, 0.15) is 6.42 Å². The third kappa shape index (κ3) is 3.11. The van der Waals surface area contributed by atoms with Crippen LogP contribution >= 0.6 is 23.4 Å². The highest BCUT2D eigenvalue weighted by atomic mass is 35.5. The van der Waals surface area contributed by atoms with Gasteiger partial charge in [-0.15, -0.1) is 0 Å². The minimum absolute atomic E-state index is 0.437. The molecular weight excluding hydrogens is 284 g/mol. The first kappa shape index (κ1) is 12.6. The van der Waals surface area contributed by atoms with E-state index in [0.717, 1.165) is 27.8 Å². The maximum atomic E-state index is 5.84. The average Bonchev–Trinajstić information content (AvgIpc) is 2.63. The molecule has 0 unspecified atom stereocenters. The molecule has 0 radical (unpaired) electrons. The van der Waals surface area contributed by atoms with Crippen molar-refractivity contribution in [2.24, 2.45) is 0 Å². The Hall–Kier alpha value is -1.46. The average molecular weight is 295 g/mol. The molecule has 19 heavy (non-hydrogen) atoms. The van der Waals surface area contributed by atoms with Gasteiger partial charge in [-0.05, 0) is 18.2 Å². The lowest BCUT2D eigenvalue weighted by Crippen LogP contribution is -1.97. The molecule has 4 nitrogen and oxygen atoms in total. The summed E-state index contributed by atoms with van der Waals surface area (Å²) in [6.07, 6.45) is 2.35. The number of nitrogens with zero attached hydrogens (tertiary/aromatic N) is 2. The number of hydrogen-bond donors (Lipinski definition) is 0. The monoisotopic (exact) mass is 294 g/mol. The van der Waals surface area contributed by atoms with E-state index in [1.165, 1.54) is 18.1 Å². The minimum atomic E-state index is 0.437. The predicted octanol–water partition coefficient (Wildman–Crippen LogP) is 3.44. The largest absolute Gasteiger partial charge is 0.490 e. The third-order valence-corrected chi connectivity index (χ3v) is 3.68. The van der Waals surface area contributed by atoms with Gasteiger partial charge in [0, 0.05) is 17.4 Å². The van der Waals surface area contributed by atoms with E-state index >= 15 is 0 Å². The molecule has 6 heteroatoms. The number of rotatable bonds is 2. The van der Waals surface area contributed by atoms with Gasteiger partial charge in [0.15, 0.2) is 11.5 Å². The Morgan fingerprint density at radius 3 is 2.74 bits per heavy atom. The van der Waals surface area contributed by atoms with Gasteiger partial charge in [0.2, 0.25) is 0 Å². The smallest absolute Gasteiger partial charge is 0.162 e. The summed E-state index contributed by atoms with van der Waals surface area (Å²) in [5.41, 5.74) is 0. The summed E-state index contributed by atoms with van der Waals surface area (Å²) in [6, 6.07) is 7.59. The zero-order valence-corrected chi connectivity index (χ0v) is 11.6. The number of halogens is 1. The van der Waals surface area contributed by atoms with Gasteiger partial charge in [0.1, 0.15) is 16.5 Å². The van der Waals surface area contributed by atoms with Crippen molar-refractivity contribution in [2.45, 2.75) is 16.3 Å². The summed E-state index contributed by atoms with van der Waals surface area (Å²) >= 11 is 7.35. The Kier molecular flexibility index (Phi) is 3.75. The maximum Gasteiger partial charge on any atom is 0.162 e. The van der Waals surface area contributed by atoms with E-state index in [2.05, 4.69) is 9.97 Å². The maximum absolute atomic E-state index is 5.84. The fourth-order valence-electron chi connectivity index (χ4n) is 1.70. The predicted molar refractivity (Wildman–Crippen MR) is 73.2 cm³/mol. The molecule has 1 aliphatic rings. The molecular formula is C13H11ClN2O2S. The normalized spacial score (nSPS) is 13.9. The van der Waals surface area contributed by atoms with E-state index in [1.807, 2.05) is 18.2 Å². The second kappa shape index (κ2) is 5.67. The Labute approximate surface area is 120 Å². The molecule has 1 aromatic carbocycles. The van der Waals surface area contributed by atoms with Crippen molar-refractivity contribution in [2.75, 3.05) is 13.2 Å². The fraction of sp³-hybridized carbons (Fsp3) is 0.231. The van der Waals surface area contributed by atoms with E-state index < -0.39 is 0 Å². The number of hydrogen-bond acceptors (Lipinski definition) is 5. The molecule has 1 aliphatic heterocycles. The number of aromatic nitrogens is 2. The number of benzene rings is 1. The van der Waals surface area contributed by atoms with E-state index in [0.29, 0.717) is 18.4 Å². The second-order valence-electron chi connectivity index (χ2n) is 3.94. The molecule has 0 saturated heterocycles. The van der Waals surface area contributed by atoms with Crippen molar-refractivity contribution in [1.82, 2.24) is 9.97 Å². The molecule has 0 saturated carbocycles. The van der Waals surface area contributed by atoms with Crippen molar-refractivity contribution < 1.29 is 9.47 Å². The van der Waals surface area contributed by atoms with Gasteiger partial charge in [-0.25, -0.2) is 9.97 Å². The highest BCUT2D eigenvalue weighted by molar-refractivity contribution is 7.99. The summed E-state index contributed by atoms with van der Waals surface area (Å²) in [7, 11) is 0. The van der Waals surface area contributed by atoms with E-state index in [-0.39, 0.29) is 0 Å². The molecule has 0 atom stereocenters. The summed E-state index contributed by atoms with van der Waals surface area (Å²) in [5, 5.41) is 1.24. The molecule has 2 heterocycles. The van der Waals surface area contributed by atoms with Gasteiger partial charge in [-0.1, -0.05) is 23.4 Å². The van der Waals surface area contributed by atoms with Crippen LogP contribution in [0.3, 0.4) is 0 Å². The van der Waals surface area contributed by atoms with Gasteiger partial charge >= 0.3 is 0 Å². The molecule has 0 aliphatic carbocycles. The van der Waals surface area contributed by atoms with Gasteiger partial charge in [-0.3, -0.25) is 0 Å². The topological polar surface area (TPSA) is 44.2 Å². The highest BCUT2D eigenvalue weighted by Gasteiger charge is 2.11. The Morgan fingerprint density at radius 2 is 1.89 bits per heavy atom. The summed E-state index contributed by atoms with van der Waals surface area (Å²) < 4.78 is 11.2. The van der Waals surface area contributed by atoms with E-state index in [1.54, 1.807) is 6.07 Å². The van der Waals surface area contributed by atoms with Gasteiger partial charge < -0.3 is 9.47 Å².